The van der Waals surface area contributed by atoms with Crippen LogP contribution in [-0.4, -0.2) is 63.1 Å². The predicted molar refractivity (Wildman–Crippen MR) is 119 cm³/mol. The van der Waals surface area contributed by atoms with E-state index < -0.39 is 17.5 Å². The van der Waals surface area contributed by atoms with Crippen molar-refractivity contribution in [3.05, 3.63) is 46.5 Å². The number of morpholine rings is 1. The van der Waals surface area contributed by atoms with Crippen LogP contribution in [0.25, 0.3) is 11.0 Å². The number of hydrogen-bond donors (Lipinski definition) is 1. The maximum absolute atomic E-state index is 13.4. The molecule has 32 heavy (non-hydrogen) atoms. The SMILES string of the molecule is Cc1noc([C@@H](NC(=O)n2c(=O)n(CCN3CCOCC3)c3ccccc32)C(C)(C)C)n1. The summed E-state index contributed by atoms with van der Waals surface area (Å²) in [5, 5.41) is 6.79. The summed E-state index contributed by atoms with van der Waals surface area (Å²) in [5.41, 5.74) is 0.506. The number of ether oxygens (including phenoxy) is 1. The summed E-state index contributed by atoms with van der Waals surface area (Å²) in [6, 6.07) is 6.26. The lowest BCUT2D eigenvalue weighted by molar-refractivity contribution is 0.0364. The van der Waals surface area contributed by atoms with Crippen LogP contribution in [0.4, 0.5) is 4.79 Å². The Bertz CT molecular complexity index is 1150. The molecular formula is C22H30N6O4. The van der Waals surface area contributed by atoms with Gasteiger partial charge in [0.05, 0.1) is 24.2 Å². The van der Waals surface area contributed by atoms with Gasteiger partial charge in [0.15, 0.2) is 5.82 Å². The molecule has 10 heteroatoms. The van der Waals surface area contributed by atoms with Gasteiger partial charge in [0.1, 0.15) is 6.04 Å². The Hall–Kier alpha value is -2.98. The van der Waals surface area contributed by atoms with Crippen LogP contribution in [0.3, 0.4) is 0 Å². The topological polar surface area (TPSA) is 107 Å². The molecule has 1 aromatic carbocycles. The minimum atomic E-state index is -0.557. The Morgan fingerprint density at radius 2 is 1.84 bits per heavy atom. The average molecular weight is 443 g/mol. The molecule has 4 rings (SSSR count). The van der Waals surface area contributed by atoms with Crippen LogP contribution in [0.1, 0.15) is 38.5 Å². The predicted octanol–water partition coefficient (Wildman–Crippen LogP) is 2.17. The van der Waals surface area contributed by atoms with Gasteiger partial charge in [0.25, 0.3) is 0 Å². The van der Waals surface area contributed by atoms with Crippen molar-refractivity contribution in [1.29, 1.82) is 0 Å². The van der Waals surface area contributed by atoms with Gasteiger partial charge in [-0.2, -0.15) is 4.98 Å². The van der Waals surface area contributed by atoms with E-state index in [-0.39, 0.29) is 5.69 Å². The second-order valence-corrected chi connectivity index (χ2v) is 9.14. The number of amides is 1. The van der Waals surface area contributed by atoms with Crippen LogP contribution in [0.2, 0.25) is 0 Å². The molecule has 0 aliphatic carbocycles. The number of nitrogens with zero attached hydrogens (tertiary/aromatic N) is 5. The van der Waals surface area contributed by atoms with E-state index in [1.165, 1.54) is 4.57 Å². The molecule has 2 aromatic heterocycles. The van der Waals surface area contributed by atoms with E-state index in [4.69, 9.17) is 9.26 Å². The third kappa shape index (κ3) is 4.46. The first-order valence-corrected chi connectivity index (χ1v) is 10.9. The molecule has 0 radical (unpaired) electrons. The van der Waals surface area contributed by atoms with E-state index in [1.807, 2.05) is 39.0 Å². The van der Waals surface area contributed by atoms with Gasteiger partial charge in [0, 0.05) is 26.2 Å². The molecule has 172 valence electrons. The van der Waals surface area contributed by atoms with E-state index >= 15 is 0 Å². The van der Waals surface area contributed by atoms with Gasteiger partial charge in [-0.3, -0.25) is 9.47 Å². The Morgan fingerprint density at radius 3 is 2.47 bits per heavy atom. The number of para-hydroxylation sites is 2. The highest BCUT2D eigenvalue weighted by molar-refractivity contribution is 5.89. The van der Waals surface area contributed by atoms with Crippen LogP contribution >= 0.6 is 0 Å². The molecule has 0 bridgehead atoms. The molecule has 0 unspecified atom stereocenters. The number of carbonyl (C=O) groups is 1. The minimum absolute atomic E-state index is 0.312. The van der Waals surface area contributed by atoms with Gasteiger partial charge >= 0.3 is 11.7 Å². The van der Waals surface area contributed by atoms with Gasteiger partial charge < -0.3 is 14.6 Å². The molecule has 3 aromatic rings. The van der Waals surface area contributed by atoms with Crippen molar-refractivity contribution in [3.63, 3.8) is 0 Å². The number of imidazole rings is 1. The first-order valence-electron chi connectivity index (χ1n) is 10.9. The second-order valence-electron chi connectivity index (χ2n) is 9.14. The van der Waals surface area contributed by atoms with Crippen molar-refractivity contribution in [2.45, 2.75) is 40.3 Å². The van der Waals surface area contributed by atoms with Crippen molar-refractivity contribution >= 4 is 17.1 Å². The largest absolute Gasteiger partial charge is 0.379 e. The summed E-state index contributed by atoms with van der Waals surface area (Å²) in [5.74, 6) is 0.799. The van der Waals surface area contributed by atoms with Crippen LogP contribution in [0, 0.1) is 12.3 Å². The average Bonchev–Trinajstić information content (AvgIpc) is 3.30. The van der Waals surface area contributed by atoms with Crippen molar-refractivity contribution in [2.24, 2.45) is 5.41 Å². The fourth-order valence-corrected chi connectivity index (χ4v) is 3.95. The monoisotopic (exact) mass is 442 g/mol. The minimum Gasteiger partial charge on any atom is -0.379 e. The highest BCUT2D eigenvalue weighted by Crippen LogP contribution is 2.32. The number of nitrogens with one attached hydrogen (secondary N) is 1. The molecular weight excluding hydrogens is 412 g/mol. The number of benzene rings is 1. The van der Waals surface area contributed by atoms with Gasteiger partial charge in [-0.25, -0.2) is 14.2 Å². The summed E-state index contributed by atoms with van der Waals surface area (Å²) in [6.45, 7) is 11.9. The number of fused-ring (bicyclic) bond motifs is 1. The van der Waals surface area contributed by atoms with Crippen LogP contribution in [0.5, 0.6) is 0 Å². The van der Waals surface area contributed by atoms with E-state index in [9.17, 15) is 9.59 Å². The lowest BCUT2D eigenvalue weighted by Crippen LogP contribution is -2.43. The first-order chi connectivity index (χ1) is 15.3. The van der Waals surface area contributed by atoms with Crippen LogP contribution in [-0.2, 0) is 11.3 Å². The number of aromatic nitrogens is 4. The standard InChI is InChI=1S/C22H30N6O4/c1-15-23-19(32-25-15)18(22(2,3)4)24-20(29)28-17-8-6-5-7-16(17)27(21(28)30)10-9-26-11-13-31-14-12-26/h5-8,18H,9-14H2,1-4H3,(H,24,29)/t18-/m1/s1. The first kappa shape index (κ1) is 22.2. The molecule has 1 fully saturated rings. The number of hydrogen-bond acceptors (Lipinski definition) is 7. The summed E-state index contributed by atoms with van der Waals surface area (Å²) in [6.07, 6.45) is 0. The summed E-state index contributed by atoms with van der Waals surface area (Å²) < 4.78 is 13.6. The molecule has 0 saturated carbocycles. The van der Waals surface area contributed by atoms with Crippen molar-refractivity contribution in [2.75, 3.05) is 32.8 Å². The quantitative estimate of drug-likeness (QED) is 0.645. The maximum Gasteiger partial charge on any atom is 0.337 e. The van der Waals surface area contributed by atoms with E-state index in [0.29, 0.717) is 43.5 Å². The molecule has 1 aliphatic heterocycles. The molecule has 3 heterocycles. The lowest BCUT2D eigenvalue weighted by Gasteiger charge is -2.28. The maximum atomic E-state index is 13.4. The third-order valence-electron chi connectivity index (χ3n) is 5.71. The highest BCUT2D eigenvalue weighted by atomic mass is 16.5. The fourth-order valence-electron chi connectivity index (χ4n) is 3.95. The Morgan fingerprint density at radius 1 is 1.16 bits per heavy atom. The second kappa shape index (κ2) is 8.87. The number of aryl methyl sites for hydroxylation is 1. The van der Waals surface area contributed by atoms with Gasteiger partial charge in [-0.05, 0) is 24.5 Å². The lowest BCUT2D eigenvalue weighted by atomic mass is 9.86. The van der Waals surface area contributed by atoms with E-state index in [1.54, 1.807) is 17.6 Å². The molecule has 1 amide bonds. The zero-order valence-corrected chi connectivity index (χ0v) is 19.0. The zero-order valence-electron chi connectivity index (χ0n) is 19.0. The smallest absolute Gasteiger partial charge is 0.337 e. The molecule has 1 N–H and O–H groups in total. The third-order valence-corrected chi connectivity index (χ3v) is 5.71. The van der Waals surface area contributed by atoms with Gasteiger partial charge in [-0.1, -0.05) is 38.1 Å². The number of rotatable bonds is 5. The van der Waals surface area contributed by atoms with Crippen molar-refractivity contribution < 1.29 is 14.1 Å². The zero-order chi connectivity index (χ0) is 22.9. The molecule has 0 spiro atoms. The van der Waals surface area contributed by atoms with Crippen molar-refractivity contribution in [1.82, 2.24) is 29.5 Å². The summed E-state index contributed by atoms with van der Waals surface area (Å²) in [4.78, 5) is 33.3. The van der Waals surface area contributed by atoms with Gasteiger partial charge in [-0.15, -0.1) is 0 Å². The molecule has 1 atom stereocenters. The molecule has 10 nitrogen and oxygen atoms in total. The highest BCUT2D eigenvalue weighted by Gasteiger charge is 2.34. The Balaban J connectivity index is 1.65. The van der Waals surface area contributed by atoms with E-state index in [0.717, 1.165) is 18.6 Å². The van der Waals surface area contributed by atoms with Gasteiger partial charge in [0.2, 0.25) is 5.89 Å². The van der Waals surface area contributed by atoms with Crippen molar-refractivity contribution in [3.8, 4) is 0 Å². The summed E-state index contributed by atoms with van der Waals surface area (Å²) >= 11 is 0. The summed E-state index contributed by atoms with van der Waals surface area (Å²) in [7, 11) is 0. The molecule has 1 aliphatic rings. The molecule has 1 saturated heterocycles. The normalized spacial score (nSPS) is 16.4. The Labute approximate surface area is 186 Å². The number of carbonyl (C=O) groups excluding carboxylic acids is 1. The van der Waals surface area contributed by atoms with E-state index in [2.05, 4.69) is 20.4 Å². The van der Waals surface area contributed by atoms with Crippen LogP contribution < -0.4 is 11.0 Å². The Kier molecular flexibility index (Phi) is 6.16. The van der Waals surface area contributed by atoms with Crippen LogP contribution in [0.15, 0.2) is 33.6 Å². The fraction of sp³-hybridized carbons (Fsp3) is 0.545.